The van der Waals surface area contributed by atoms with E-state index >= 15 is 0 Å². The number of aromatic amines is 1. The number of hydrogen-bond acceptors (Lipinski definition) is 8. The van der Waals surface area contributed by atoms with Crippen LogP contribution in [0.25, 0.3) is 17.1 Å². The van der Waals surface area contributed by atoms with Crippen LogP contribution in [0.5, 0.6) is 0 Å². The van der Waals surface area contributed by atoms with Crippen LogP contribution in [0.2, 0.25) is 0 Å². The van der Waals surface area contributed by atoms with Crippen molar-refractivity contribution >= 4 is 56.9 Å². The molecule has 0 fully saturated rings. The average molecular weight is 421 g/mol. The van der Waals surface area contributed by atoms with Gasteiger partial charge in [-0.2, -0.15) is 10.1 Å². The van der Waals surface area contributed by atoms with Crippen LogP contribution >= 0.6 is 0 Å². The normalized spacial score (nSPS) is 11.8. The Hall–Kier alpha value is -3.86. The van der Waals surface area contributed by atoms with E-state index < -0.39 is 11.0 Å². The highest BCUT2D eigenvalue weighted by Gasteiger charge is 2.18. The highest BCUT2D eigenvalue weighted by atomic mass is 32.2. The molecule has 152 valence electrons. The fraction of sp³-hybridized carbons (Fsp3) is 0.105. The summed E-state index contributed by atoms with van der Waals surface area (Å²) in [6.45, 7) is 3.84. The Kier molecular flexibility index (Phi) is 5.35. The summed E-state index contributed by atoms with van der Waals surface area (Å²) in [6.07, 6.45) is 11.5. The highest BCUT2D eigenvalue weighted by molar-refractivity contribution is 7.85. The first-order valence-electron chi connectivity index (χ1n) is 8.90. The van der Waals surface area contributed by atoms with Crippen LogP contribution in [0.15, 0.2) is 49.7 Å². The maximum Gasteiger partial charge on any atom is 0.229 e. The lowest BCUT2D eigenvalue weighted by Crippen LogP contribution is -2.20. The van der Waals surface area contributed by atoms with Gasteiger partial charge in [-0.05, 0) is 12.1 Å². The van der Waals surface area contributed by atoms with Gasteiger partial charge in [-0.15, -0.1) is 0 Å². The van der Waals surface area contributed by atoms with E-state index in [4.69, 9.17) is 0 Å². The van der Waals surface area contributed by atoms with E-state index in [9.17, 15) is 4.21 Å². The van der Waals surface area contributed by atoms with Crippen molar-refractivity contribution in [3.05, 3.63) is 55.3 Å². The Bertz CT molecular complexity index is 1230. The topological polar surface area (TPSA) is 125 Å². The predicted molar refractivity (Wildman–Crippen MR) is 119 cm³/mol. The van der Waals surface area contributed by atoms with Crippen LogP contribution in [-0.4, -0.2) is 47.6 Å². The number of nitrogens with one attached hydrogen (secondary N) is 3. The molecule has 1 atom stereocenters. The van der Waals surface area contributed by atoms with Crippen LogP contribution in [-0.2, 0) is 11.0 Å². The average Bonchev–Trinajstić information content (AvgIpc) is 3.26. The Balaban J connectivity index is 1.79. The summed E-state index contributed by atoms with van der Waals surface area (Å²) >= 11 is 0. The molecule has 0 aliphatic rings. The standard InChI is InChI=1S/C19H19N9OS/c1-4-12-9-22-19(25-13-10-23-24-11-13)27-18(12)26-15-6-5-14-16(21-8-7-20-14)17(15)28(2)30(3)29/h4-11H,1H2,2-3H3,(H,23,24)(H2,22,25,26,27). The number of aromatic nitrogens is 6. The fourth-order valence-electron chi connectivity index (χ4n) is 2.85. The first kappa shape index (κ1) is 19.5. The summed E-state index contributed by atoms with van der Waals surface area (Å²) in [6, 6.07) is 3.70. The minimum atomic E-state index is -1.27. The van der Waals surface area contributed by atoms with Crippen LogP contribution in [0.1, 0.15) is 5.56 Å². The zero-order valence-corrected chi connectivity index (χ0v) is 17.1. The molecule has 30 heavy (non-hydrogen) atoms. The van der Waals surface area contributed by atoms with Gasteiger partial charge in [0.1, 0.15) is 28.0 Å². The van der Waals surface area contributed by atoms with Crippen LogP contribution in [0.4, 0.5) is 28.8 Å². The van der Waals surface area contributed by atoms with Gasteiger partial charge in [-0.25, -0.2) is 9.19 Å². The van der Waals surface area contributed by atoms with Crippen molar-refractivity contribution in [3.8, 4) is 0 Å². The van der Waals surface area contributed by atoms with Gasteiger partial charge in [0.15, 0.2) is 0 Å². The van der Waals surface area contributed by atoms with Gasteiger partial charge in [0.05, 0.1) is 23.1 Å². The van der Waals surface area contributed by atoms with Crippen molar-refractivity contribution in [1.29, 1.82) is 0 Å². The van der Waals surface area contributed by atoms with Crippen molar-refractivity contribution in [2.24, 2.45) is 0 Å². The summed E-state index contributed by atoms with van der Waals surface area (Å²) in [7, 11) is 0.472. The number of nitrogens with zero attached hydrogens (tertiary/aromatic N) is 6. The number of fused-ring (bicyclic) bond motifs is 1. The van der Waals surface area contributed by atoms with Gasteiger partial charge in [0.2, 0.25) is 5.95 Å². The first-order chi connectivity index (χ1) is 14.6. The molecule has 0 aliphatic heterocycles. The maximum atomic E-state index is 12.2. The van der Waals surface area contributed by atoms with Gasteiger partial charge >= 0.3 is 0 Å². The van der Waals surface area contributed by atoms with Crippen LogP contribution < -0.4 is 14.9 Å². The zero-order chi connectivity index (χ0) is 21.1. The largest absolute Gasteiger partial charge is 0.338 e. The number of anilines is 5. The van der Waals surface area contributed by atoms with Gasteiger partial charge in [0.25, 0.3) is 0 Å². The monoisotopic (exact) mass is 421 g/mol. The molecule has 0 saturated heterocycles. The number of benzene rings is 1. The number of rotatable bonds is 7. The van der Waals surface area contributed by atoms with E-state index in [-0.39, 0.29) is 0 Å². The van der Waals surface area contributed by atoms with Gasteiger partial charge in [-0.3, -0.25) is 19.4 Å². The van der Waals surface area contributed by atoms with Crippen molar-refractivity contribution < 1.29 is 4.21 Å². The second-order valence-electron chi connectivity index (χ2n) is 6.25. The summed E-state index contributed by atoms with van der Waals surface area (Å²) in [5.74, 6) is 0.921. The molecule has 0 radical (unpaired) electrons. The van der Waals surface area contributed by atoms with Gasteiger partial charge < -0.3 is 10.6 Å². The predicted octanol–water partition coefficient (Wildman–Crippen LogP) is 3.00. The molecule has 3 heterocycles. The summed E-state index contributed by atoms with van der Waals surface area (Å²) in [4.78, 5) is 17.7. The third kappa shape index (κ3) is 3.82. The van der Waals surface area contributed by atoms with Gasteiger partial charge in [-0.1, -0.05) is 12.7 Å². The van der Waals surface area contributed by atoms with E-state index in [0.29, 0.717) is 39.7 Å². The second kappa shape index (κ2) is 8.25. The Labute approximate surface area is 175 Å². The van der Waals surface area contributed by atoms with E-state index in [1.165, 1.54) is 0 Å². The van der Waals surface area contributed by atoms with Crippen molar-refractivity contribution in [2.45, 2.75) is 0 Å². The smallest absolute Gasteiger partial charge is 0.229 e. The van der Waals surface area contributed by atoms with E-state index in [1.54, 1.807) is 54.7 Å². The lowest BCUT2D eigenvalue weighted by molar-refractivity contribution is 0.685. The quantitative estimate of drug-likeness (QED) is 0.416. The minimum Gasteiger partial charge on any atom is -0.338 e. The number of hydrogen-bond donors (Lipinski definition) is 3. The Morgan fingerprint density at radius 1 is 1.17 bits per heavy atom. The van der Waals surface area contributed by atoms with Crippen LogP contribution in [0.3, 0.4) is 0 Å². The Morgan fingerprint density at radius 2 is 2.00 bits per heavy atom. The lowest BCUT2D eigenvalue weighted by Gasteiger charge is -2.22. The third-order valence-electron chi connectivity index (χ3n) is 4.36. The summed E-state index contributed by atoms with van der Waals surface area (Å²) in [5, 5.41) is 13.0. The molecule has 10 nitrogen and oxygen atoms in total. The summed E-state index contributed by atoms with van der Waals surface area (Å²) < 4.78 is 13.9. The fourth-order valence-corrected chi connectivity index (χ4v) is 3.29. The molecule has 0 amide bonds. The molecular formula is C19H19N9OS. The Morgan fingerprint density at radius 3 is 2.73 bits per heavy atom. The zero-order valence-electron chi connectivity index (χ0n) is 16.3. The molecule has 1 unspecified atom stereocenters. The van der Waals surface area contributed by atoms with Crippen molar-refractivity contribution in [3.63, 3.8) is 0 Å². The molecule has 4 rings (SSSR count). The molecule has 0 spiro atoms. The molecule has 11 heteroatoms. The molecule has 1 aromatic carbocycles. The summed E-state index contributed by atoms with van der Waals surface area (Å²) in [5.41, 5.74) is 4.10. The van der Waals surface area contributed by atoms with E-state index in [1.807, 2.05) is 12.1 Å². The molecular weight excluding hydrogens is 402 g/mol. The number of H-pyrrole nitrogens is 1. The minimum absolute atomic E-state index is 0.388. The van der Waals surface area contributed by atoms with Crippen LogP contribution in [0, 0.1) is 0 Å². The molecule has 0 bridgehead atoms. The van der Waals surface area contributed by atoms with Gasteiger partial charge in [0, 0.05) is 43.7 Å². The molecule has 3 N–H and O–H groups in total. The highest BCUT2D eigenvalue weighted by Crippen LogP contribution is 2.35. The van der Waals surface area contributed by atoms with E-state index in [0.717, 1.165) is 5.69 Å². The lowest BCUT2D eigenvalue weighted by atomic mass is 10.2. The SMILES string of the molecule is C=Cc1cnc(Nc2cn[nH]c2)nc1Nc1ccc2nccnc2c1N(C)S(C)=O. The molecule has 0 aliphatic carbocycles. The second-order valence-corrected chi connectivity index (χ2v) is 7.64. The molecule has 3 aromatic heterocycles. The molecule has 4 aromatic rings. The maximum absolute atomic E-state index is 12.2. The van der Waals surface area contributed by atoms with E-state index in [2.05, 4.69) is 47.3 Å². The first-order valence-corrected chi connectivity index (χ1v) is 10.4. The van der Waals surface area contributed by atoms with Crippen molar-refractivity contribution in [2.75, 3.05) is 28.2 Å². The molecule has 0 saturated carbocycles. The third-order valence-corrected chi connectivity index (χ3v) is 5.31. The van der Waals surface area contributed by atoms with Crippen molar-refractivity contribution in [1.82, 2.24) is 30.1 Å².